The Labute approximate surface area is 85.2 Å². The molecule has 1 heterocycles. The summed E-state index contributed by atoms with van der Waals surface area (Å²) in [7, 11) is 0. The van der Waals surface area contributed by atoms with Crippen LogP contribution < -0.4 is 0 Å². The van der Waals surface area contributed by atoms with Crippen molar-refractivity contribution < 1.29 is 14.3 Å². The van der Waals surface area contributed by atoms with Gasteiger partial charge in [-0.15, -0.1) is 0 Å². The largest absolute Gasteiger partial charge is 0.463 e. The van der Waals surface area contributed by atoms with Crippen molar-refractivity contribution >= 4 is 5.97 Å². The van der Waals surface area contributed by atoms with Gasteiger partial charge < -0.3 is 9.47 Å². The highest BCUT2D eigenvalue weighted by atomic mass is 16.6. The number of carbonyl (C=O) groups is 1. The maximum Gasteiger partial charge on any atom is 0.307 e. The standard InChI is InChI=1S/C10H19NO3/c1-3-13-6-7-14-10(12)4-5-11-8-9(11)2/h9H,3-8H2,1-2H3. The van der Waals surface area contributed by atoms with E-state index in [1.54, 1.807) is 0 Å². The van der Waals surface area contributed by atoms with Crippen LogP contribution in [0.5, 0.6) is 0 Å². The Morgan fingerprint density at radius 3 is 2.79 bits per heavy atom. The molecule has 0 spiro atoms. The highest BCUT2D eigenvalue weighted by molar-refractivity contribution is 5.69. The molecule has 0 aromatic heterocycles. The number of rotatable bonds is 7. The molecule has 0 aliphatic carbocycles. The van der Waals surface area contributed by atoms with Gasteiger partial charge in [-0.25, -0.2) is 0 Å². The molecule has 0 radical (unpaired) electrons. The predicted octanol–water partition coefficient (Wildman–Crippen LogP) is 0.660. The molecule has 2 atom stereocenters. The van der Waals surface area contributed by atoms with Gasteiger partial charge in [-0.05, 0) is 13.8 Å². The fourth-order valence-electron chi connectivity index (χ4n) is 1.27. The molecular weight excluding hydrogens is 182 g/mol. The second-order valence-electron chi connectivity index (χ2n) is 3.51. The molecule has 0 amide bonds. The summed E-state index contributed by atoms with van der Waals surface area (Å²) in [6.07, 6.45) is 0.496. The van der Waals surface area contributed by atoms with Gasteiger partial charge in [-0.1, -0.05) is 0 Å². The monoisotopic (exact) mass is 201 g/mol. The molecule has 1 saturated heterocycles. The molecule has 1 rings (SSSR count). The molecule has 1 aliphatic rings. The topological polar surface area (TPSA) is 38.5 Å². The predicted molar refractivity (Wildman–Crippen MR) is 53.1 cm³/mol. The lowest BCUT2D eigenvalue weighted by Crippen LogP contribution is -2.14. The highest BCUT2D eigenvalue weighted by Crippen LogP contribution is 2.15. The molecule has 82 valence electrons. The van der Waals surface area contributed by atoms with Crippen molar-refractivity contribution in [1.29, 1.82) is 0 Å². The van der Waals surface area contributed by atoms with Gasteiger partial charge in [0, 0.05) is 25.7 Å². The number of hydrogen-bond donors (Lipinski definition) is 0. The first-order valence-electron chi connectivity index (χ1n) is 5.21. The van der Waals surface area contributed by atoms with Gasteiger partial charge in [-0.2, -0.15) is 0 Å². The Kier molecular flexibility index (Phi) is 4.90. The van der Waals surface area contributed by atoms with E-state index in [1.165, 1.54) is 0 Å². The summed E-state index contributed by atoms with van der Waals surface area (Å²) in [5.74, 6) is -0.121. The summed E-state index contributed by atoms with van der Waals surface area (Å²) < 4.78 is 10.0. The number of hydrogen-bond acceptors (Lipinski definition) is 4. The molecule has 2 unspecified atom stereocenters. The van der Waals surface area contributed by atoms with Crippen LogP contribution >= 0.6 is 0 Å². The Hall–Kier alpha value is -0.610. The molecule has 0 N–H and O–H groups in total. The summed E-state index contributed by atoms with van der Waals surface area (Å²) in [6, 6.07) is 0.659. The van der Waals surface area contributed by atoms with Crippen molar-refractivity contribution in [1.82, 2.24) is 4.90 Å². The molecule has 0 saturated carbocycles. The van der Waals surface area contributed by atoms with Crippen molar-refractivity contribution in [2.75, 3.05) is 32.9 Å². The normalized spacial score (nSPS) is 24.7. The third kappa shape index (κ3) is 4.58. The van der Waals surface area contributed by atoms with Gasteiger partial charge >= 0.3 is 5.97 Å². The van der Waals surface area contributed by atoms with E-state index >= 15 is 0 Å². The molecule has 14 heavy (non-hydrogen) atoms. The molecule has 4 heteroatoms. The van der Waals surface area contributed by atoms with Gasteiger partial charge in [0.25, 0.3) is 0 Å². The Morgan fingerprint density at radius 2 is 2.21 bits per heavy atom. The van der Waals surface area contributed by atoms with Crippen LogP contribution in [0.1, 0.15) is 20.3 Å². The second kappa shape index (κ2) is 5.98. The zero-order valence-electron chi connectivity index (χ0n) is 8.99. The van der Waals surface area contributed by atoms with Crippen LogP contribution in [-0.4, -0.2) is 49.8 Å². The fraction of sp³-hybridized carbons (Fsp3) is 0.900. The smallest absolute Gasteiger partial charge is 0.307 e. The molecular formula is C10H19NO3. The summed E-state index contributed by atoms with van der Waals surface area (Å²) in [6.45, 7) is 7.57. The first-order chi connectivity index (χ1) is 6.74. The average Bonchev–Trinajstić information content (AvgIpc) is 2.86. The van der Waals surface area contributed by atoms with Crippen molar-refractivity contribution in [2.24, 2.45) is 0 Å². The molecule has 0 aromatic carbocycles. The Balaban J connectivity index is 1.88. The summed E-state index contributed by atoms with van der Waals surface area (Å²) in [4.78, 5) is 13.4. The number of ether oxygens (including phenoxy) is 2. The van der Waals surface area contributed by atoms with Crippen molar-refractivity contribution in [3.05, 3.63) is 0 Å². The summed E-state index contributed by atoms with van der Waals surface area (Å²) in [5.41, 5.74) is 0. The Morgan fingerprint density at radius 1 is 1.50 bits per heavy atom. The summed E-state index contributed by atoms with van der Waals surface area (Å²) >= 11 is 0. The van der Waals surface area contributed by atoms with Crippen LogP contribution in [0.2, 0.25) is 0 Å². The van der Waals surface area contributed by atoms with Crippen LogP contribution in [0.4, 0.5) is 0 Å². The van der Waals surface area contributed by atoms with Crippen LogP contribution in [-0.2, 0) is 14.3 Å². The van der Waals surface area contributed by atoms with Gasteiger partial charge in [0.15, 0.2) is 0 Å². The van der Waals surface area contributed by atoms with Crippen LogP contribution in [0.15, 0.2) is 0 Å². The molecule has 0 aromatic rings. The quantitative estimate of drug-likeness (QED) is 0.344. The molecule has 1 aliphatic heterocycles. The third-order valence-corrected chi connectivity index (χ3v) is 2.29. The third-order valence-electron chi connectivity index (χ3n) is 2.29. The fourth-order valence-corrected chi connectivity index (χ4v) is 1.27. The van der Waals surface area contributed by atoms with E-state index in [0.29, 0.717) is 32.3 Å². The minimum absolute atomic E-state index is 0.121. The van der Waals surface area contributed by atoms with Crippen molar-refractivity contribution in [2.45, 2.75) is 26.3 Å². The van der Waals surface area contributed by atoms with Gasteiger partial charge in [0.1, 0.15) is 6.61 Å². The van der Waals surface area contributed by atoms with Crippen LogP contribution in [0.25, 0.3) is 0 Å². The SMILES string of the molecule is CCOCCOC(=O)CCN1CC1C. The lowest BCUT2D eigenvalue weighted by Gasteiger charge is -2.05. The van der Waals surface area contributed by atoms with Crippen molar-refractivity contribution in [3.63, 3.8) is 0 Å². The van der Waals surface area contributed by atoms with Gasteiger partial charge in [0.05, 0.1) is 13.0 Å². The summed E-state index contributed by atoms with van der Waals surface area (Å²) in [5, 5.41) is 0. The average molecular weight is 201 g/mol. The zero-order chi connectivity index (χ0) is 10.4. The zero-order valence-corrected chi connectivity index (χ0v) is 8.99. The number of esters is 1. The van der Waals surface area contributed by atoms with E-state index in [9.17, 15) is 4.79 Å². The number of nitrogens with zero attached hydrogens (tertiary/aromatic N) is 1. The van der Waals surface area contributed by atoms with E-state index in [4.69, 9.17) is 9.47 Å². The maximum absolute atomic E-state index is 11.1. The van der Waals surface area contributed by atoms with Crippen LogP contribution in [0, 0.1) is 0 Å². The van der Waals surface area contributed by atoms with E-state index in [2.05, 4.69) is 11.8 Å². The lowest BCUT2D eigenvalue weighted by molar-refractivity contribution is -0.145. The van der Waals surface area contributed by atoms with E-state index in [0.717, 1.165) is 13.1 Å². The minimum Gasteiger partial charge on any atom is -0.463 e. The highest BCUT2D eigenvalue weighted by Gasteiger charge is 2.28. The minimum atomic E-state index is -0.121. The van der Waals surface area contributed by atoms with Gasteiger partial charge in [-0.3, -0.25) is 9.69 Å². The second-order valence-corrected chi connectivity index (χ2v) is 3.51. The van der Waals surface area contributed by atoms with E-state index in [-0.39, 0.29) is 5.97 Å². The first-order valence-corrected chi connectivity index (χ1v) is 5.21. The molecule has 4 nitrogen and oxygen atoms in total. The Bertz CT molecular complexity index is 184. The molecule has 1 fully saturated rings. The van der Waals surface area contributed by atoms with Crippen molar-refractivity contribution in [3.8, 4) is 0 Å². The van der Waals surface area contributed by atoms with Gasteiger partial charge in [0.2, 0.25) is 0 Å². The first kappa shape index (κ1) is 11.5. The molecule has 0 bridgehead atoms. The maximum atomic E-state index is 11.1. The van der Waals surface area contributed by atoms with E-state index in [1.807, 2.05) is 6.92 Å². The number of carbonyl (C=O) groups excluding carboxylic acids is 1. The van der Waals surface area contributed by atoms with Crippen LogP contribution in [0.3, 0.4) is 0 Å². The lowest BCUT2D eigenvalue weighted by atomic mass is 10.4. The van der Waals surface area contributed by atoms with E-state index < -0.39 is 0 Å².